The number of nitrogens with zero attached hydrogens (tertiary/aromatic N) is 2. The van der Waals surface area contributed by atoms with Crippen molar-refractivity contribution < 1.29 is 18.0 Å². The number of anilines is 1. The van der Waals surface area contributed by atoms with E-state index in [2.05, 4.69) is 15.4 Å². The molecule has 120 valence electrons. The Morgan fingerprint density at radius 3 is 2.14 bits per heavy atom. The van der Waals surface area contributed by atoms with Crippen molar-refractivity contribution in [3.05, 3.63) is 5.82 Å². The van der Waals surface area contributed by atoms with Crippen molar-refractivity contribution in [1.29, 1.82) is 0 Å². The van der Waals surface area contributed by atoms with Crippen LogP contribution in [0.25, 0.3) is 0 Å². The predicted octanol–water partition coefficient (Wildman–Crippen LogP) is 2.98. The van der Waals surface area contributed by atoms with Gasteiger partial charge in [-0.05, 0) is 56.3 Å². The van der Waals surface area contributed by atoms with Crippen LogP contribution in [-0.4, -0.2) is 21.1 Å². The SMILES string of the molecule is O=C(Nc1n[nH]c(C(F)(F)F)n1)C12CC3CC(CC(C3)C1)C2. The first-order valence-corrected chi connectivity index (χ1v) is 7.65. The highest BCUT2D eigenvalue weighted by Gasteiger charge is 2.54. The van der Waals surface area contributed by atoms with Gasteiger partial charge in [-0.15, -0.1) is 5.10 Å². The predicted molar refractivity (Wildman–Crippen MR) is 70.6 cm³/mol. The minimum atomic E-state index is -4.59. The minimum absolute atomic E-state index is 0.209. The van der Waals surface area contributed by atoms with E-state index in [0.29, 0.717) is 17.8 Å². The third kappa shape index (κ3) is 2.19. The molecule has 1 aromatic rings. The quantitative estimate of drug-likeness (QED) is 0.881. The molecule has 4 aliphatic carbocycles. The maximum Gasteiger partial charge on any atom is 0.451 e. The topological polar surface area (TPSA) is 70.7 Å². The van der Waals surface area contributed by atoms with Gasteiger partial charge in [0.15, 0.2) is 0 Å². The number of amides is 1. The lowest BCUT2D eigenvalue weighted by Gasteiger charge is -2.55. The van der Waals surface area contributed by atoms with E-state index in [1.807, 2.05) is 5.10 Å². The van der Waals surface area contributed by atoms with Gasteiger partial charge in [0.25, 0.3) is 0 Å². The Balaban J connectivity index is 1.52. The lowest BCUT2D eigenvalue weighted by atomic mass is 9.49. The zero-order valence-corrected chi connectivity index (χ0v) is 11.9. The lowest BCUT2D eigenvalue weighted by molar-refractivity contribution is -0.145. The van der Waals surface area contributed by atoms with Crippen LogP contribution in [0.1, 0.15) is 44.3 Å². The number of hydrogen-bond donors (Lipinski definition) is 2. The van der Waals surface area contributed by atoms with Gasteiger partial charge in [0, 0.05) is 0 Å². The van der Waals surface area contributed by atoms with E-state index >= 15 is 0 Å². The summed E-state index contributed by atoms with van der Waals surface area (Å²) in [6, 6.07) is 0. The maximum atomic E-state index is 12.6. The highest BCUT2D eigenvalue weighted by molar-refractivity contribution is 5.94. The highest BCUT2D eigenvalue weighted by Crippen LogP contribution is 2.60. The van der Waals surface area contributed by atoms with Crippen molar-refractivity contribution in [2.75, 3.05) is 5.32 Å². The van der Waals surface area contributed by atoms with E-state index in [0.717, 1.165) is 19.3 Å². The third-order valence-electron chi connectivity index (χ3n) is 5.50. The fraction of sp³-hybridized carbons (Fsp3) is 0.786. The molecule has 0 radical (unpaired) electrons. The molecule has 4 bridgehead atoms. The smallest absolute Gasteiger partial charge is 0.293 e. The second kappa shape index (κ2) is 4.45. The summed E-state index contributed by atoms with van der Waals surface area (Å²) in [5, 5.41) is 7.79. The average molecular weight is 314 g/mol. The van der Waals surface area contributed by atoms with Crippen LogP contribution in [0, 0.1) is 23.2 Å². The monoisotopic (exact) mass is 314 g/mol. The second-order valence-electron chi connectivity index (χ2n) is 7.16. The molecule has 1 heterocycles. The Labute approximate surface area is 125 Å². The van der Waals surface area contributed by atoms with Crippen LogP contribution in [0.3, 0.4) is 0 Å². The first-order chi connectivity index (χ1) is 10.3. The Bertz CT molecular complexity index is 574. The summed E-state index contributed by atoms with van der Waals surface area (Å²) in [4.78, 5) is 16.0. The van der Waals surface area contributed by atoms with Crippen LogP contribution in [-0.2, 0) is 11.0 Å². The first-order valence-electron chi connectivity index (χ1n) is 7.65. The molecule has 0 saturated heterocycles. The van der Waals surface area contributed by atoms with Crippen LogP contribution < -0.4 is 5.32 Å². The van der Waals surface area contributed by atoms with Crippen molar-refractivity contribution >= 4 is 11.9 Å². The molecule has 4 aliphatic rings. The molecule has 0 unspecified atom stereocenters. The van der Waals surface area contributed by atoms with E-state index in [1.54, 1.807) is 0 Å². The lowest BCUT2D eigenvalue weighted by Crippen LogP contribution is -2.51. The summed E-state index contributed by atoms with van der Waals surface area (Å²) >= 11 is 0. The van der Waals surface area contributed by atoms with Crippen LogP contribution in [0.2, 0.25) is 0 Å². The Morgan fingerprint density at radius 2 is 1.68 bits per heavy atom. The van der Waals surface area contributed by atoms with Gasteiger partial charge in [-0.1, -0.05) is 0 Å². The molecule has 22 heavy (non-hydrogen) atoms. The number of carbonyl (C=O) groups excluding carboxylic acids is 1. The van der Waals surface area contributed by atoms with Crippen LogP contribution >= 0.6 is 0 Å². The zero-order valence-electron chi connectivity index (χ0n) is 11.9. The molecule has 2 N–H and O–H groups in total. The highest BCUT2D eigenvalue weighted by atomic mass is 19.4. The molecule has 1 aromatic heterocycles. The number of rotatable bonds is 2. The van der Waals surface area contributed by atoms with E-state index in [-0.39, 0.29) is 11.9 Å². The third-order valence-corrected chi connectivity index (χ3v) is 5.50. The maximum absolute atomic E-state index is 12.6. The molecule has 5 nitrogen and oxygen atoms in total. The molecule has 8 heteroatoms. The summed E-state index contributed by atoms with van der Waals surface area (Å²) in [6.07, 6.45) is 1.56. The molecular weight excluding hydrogens is 297 g/mol. The molecule has 0 spiro atoms. The number of aromatic nitrogens is 3. The number of carbonyl (C=O) groups is 1. The number of aromatic amines is 1. The van der Waals surface area contributed by atoms with Gasteiger partial charge in [0.2, 0.25) is 17.7 Å². The summed E-state index contributed by atoms with van der Waals surface area (Å²) in [5.41, 5.74) is -0.423. The largest absolute Gasteiger partial charge is 0.451 e. The first kappa shape index (κ1) is 14.0. The van der Waals surface area contributed by atoms with Crippen molar-refractivity contribution in [1.82, 2.24) is 15.2 Å². The second-order valence-corrected chi connectivity index (χ2v) is 7.16. The van der Waals surface area contributed by atoms with Gasteiger partial charge in [-0.2, -0.15) is 18.2 Å². The molecular formula is C14H17F3N4O. The van der Waals surface area contributed by atoms with Crippen molar-refractivity contribution in [3.63, 3.8) is 0 Å². The van der Waals surface area contributed by atoms with Gasteiger partial charge in [0.05, 0.1) is 5.41 Å². The van der Waals surface area contributed by atoms with E-state index < -0.39 is 17.4 Å². The summed E-state index contributed by atoms with van der Waals surface area (Å²) in [7, 11) is 0. The normalized spacial score (nSPS) is 36.6. The fourth-order valence-corrected chi connectivity index (χ4v) is 5.07. The van der Waals surface area contributed by atoms with Crippen LogP contribution in [0.15, 0.2) is 0 Å². The summed E-state index contributed by atoms with van der Waals surface area (Å²) < 4.78 is 37.5. The molecule has 0 atom stereocenters. The van der Waals surface area contributed by atoms with Gasteiger partial charge in [0.1, 0.15) is 0 Å². The summed E-state index contributed by atoms with van der Waals surface area (Å²) in [5.74, 6) is 0.0975. The van der Waals surface area contributed by atoms with Crippen LogP contribution in [0.5, 0.6) is 0 Å². The van der Waals surface area contributed by atoms with Crippen molar-refractivity contribution in [2.45, 2.75) is 44.7 Å². The van der Waals surface area contributed by atoms with Gasteiger partial charge < -0.3 is 0 Å². The standard InChI is InChI=1S/C14H17F3N4O/c15-14(16,17)10-18-12(21-20-10)19-11(22)13-4-7-1-8(5-13)3-9(2-7)6-13/h7-9H,1-6H2,(H2,18,19,20,21,22). The van der Waals surface area contributed by atoms with Gasteiger partial charge in [-0.25, -0.2) is 0 Å². The molecule has 4 saturated carbocycles. The fourth-order valence-electron chi connectivity index (χ4n) is 5.07. The van der Waals surface area contributed by atoms with Crippen molar-refractivity contribution in [2.24, 2.45) is 23.2 Å². The molecule has 0 aromatic carbocycles. The molecule has 5 rings (SSSR count). The Hall–Kier alpha value is -1.60. The van der Waals surface area contributed by atoms with E-state index in [4.69, 9.17) is 0 Å². The molecule has 4 fully saturated rings. The average Bonchev–Trinajstić information content (AvgIpc) is 2.85. The van der Waals surface area contributed by atoms with Gasteiger partial charge in [-0.3, -0.25) is 15.2 Å². The summed E-state index contributed by atoms with van der Waals surface area (Å²) in [6.45, 7) is 0. The van der Waals surface area contributed by atoms with Crippen LogP contribution in [0.4, 0.5) is 19.1 Å². The van der Waals surface area contributed by atoms with E-state index in [9.17, 15) is 18.0 Å². The van der Waals surface area contributed by atoms with Crippen molar-refractivity contribution in [3.8, 4) is 0 Å². The Morgan fingerprint density at radius 1 is 1.14 bits per heavy atom. The van der Waals surface area contributed by atoms with E-state index in [1.165, 1.54) is 19.3 Å². The Kier molecular flexibility index (Phi) is 2.84. The van der Waals surface area contributed by atoms with Gasteiger partial charge >= 0.3 is 6.18 Å². The minimum Gasteiger partial charge on any atom is -0.293 e. The number of nitrogens with one attached hydrogen (secondary N) is 2. The number of halogens is 3. The number of hydrogen-bond acceptors (Lipinski definition) is 3. The molecule has 0 aliphatic heterocycles. The number of alkyl halides is 3. The zero-order chi connectivity index (χ0) is 15.5. The molecule has 1 amide bonds. The number of H-pyrrole nitrogens is 1.